The lowest BCUT2D eigenvalue weighted by molar-refractivity contribution is 0.117. The van der Waals surface area contributed by atoms with Gasteiger partial charge in [-0.05, 0) is 6.92 Å². The van der Waals surface area contributed by atoms with Crippen molar-refractivity contribution in [1.29, 1.82) is 0 Å². The Kier molecular flexibility index (Phi) is 4.73. The van der Waals surface area contributed by atoms with Crippen molar-refractivity contribution in [3.8, 4) is 0 Å². The van der Waals surface area contributed by atoms with Crippen molar-refractivity contribution in [3.63, 3.8) is 0 Å². The molecular formula is C7H13BrN2O2. The Bertz CT molecular complexity index is 184. The standard InChI is InChI=1S/C7H12N2O2.BrH/c1-3-11-7(10)9-5-4-8(2)6-9;/h4-5H,3,6H2,1-2H3;1H. The lowest BCUT2D eigenvalue weighted by atomic mass is 10.8. The van der Waals surface area contributed by atoms with E-state index >= 15 is 0 Å². The number of amides is 1. The van der Waals surface area contributed by atoms with Gasteiger partial charge in [0.25, 0.3) is 0 Å². The Morgan fingerprint density at radius 1 is 1.58 bits per heavy atom. The van der Waals surface area contributed by atoms with Crippen molar-refractivity contribution in [2.24, 2.45) is 0 Å². The molecule has 1 heterocycles. The summed E-state index contributed by atoms with van der Waals surface area (Å²) in [5, 5.41) is 0. The van der Waals surface area contributed by atoms with Crippen LogP contribution in [0.25, 0.3) is 0 Å². The number of carbonyl (C=O) groups is 1. The Morgan fingerprint density at radius 2 is 2.25 bits per heavy atom. The summed E-state index contributed by atoms with van der Waals surface area (Å²) in [7, 11) is 1.90. The molecule has 0 N–H and O–H groups in total. The molecular weight excluding hydrogens is 224 g/mol. The van der Waals surface area contributed by atoms with Gasteiger partial charge in [-0.2, -0.15) is 0 Å². The summed E-state index contributed by atoms with van der Waals surface area (Å²) in [6.45, 7) is 2.80. The van der Waals surface area contributed by atoms with Crippen LogP contribution in [0, 0.1) is 0 Å². The van der Waals surface area contributed by atoms with Gasteiger partial charge >= 0.3 is 6.09 Å². The smallest absolute Gasteiger partial charge is 0.415 e. The zero-order valence-electron chi connectivity index (χ0n) is 7.19. The molecule has 0 aliphatic carbocycles. The average molecular weight is 237 g/mol. The molecule has 0 saturated heterocycles. The molecule has 0 spiro atoms. The van der Waals surface area contributed by atoms with Gasteiger partial charge in [0.2, 0.25) is 0 Å². The molecule has 70 valence electrons. The summed E-state index contributed by atoms with van der Waals surface area (Å²) < 4.78 is 4.78. The van der Waals surface area contributed by atoms with E-state index in [2.05, 4.69) is 0 Å². The summed E-state index contributed by atoms with van der Waals surface area (Å²) in [6.07, 6.45) is 3.25. The molecule has 0 unspecified atom stereocenters. The number of nitrogens with zero attached hydrogens (tertiary/aromatic N) is 2. The van der Waals surface area contributed by atoms with E-state index in [1.54, 1.807) is 13.1 Å². The lowest BCUT2D eigenvalue weighted by Gasteiger charge is -2.14. The predicted molar refractivity (Wildman–Crippen MR) is 51.0 cm³/mol. The first-order valence-electron chi connectivity index (χ1n) is 3.56. The minimum atomic E-state index is -0.284. The van der Waals surface area contributed by atoms with Gasteiger partial charge < -0.3 is 9.64 Å². The van der Waals surface area contributed by atoms with Crippen LogP contribution in [0.3, 0.4) is 0 Å². The van der Waals surface area contributed by atoms with Gasteiger partial charge in [-0.3, -0.25) is 4.90 Å². The normalized spacial score (nSPS) is 14.5. The van der Waals surface area contributed by atoms with Gasteiger partial charge in [-0.1, -0.05) is 0 Å². The van der Waals surface area contributed by atoms with E-state index in [1.807, 2.05) is 18.1 Å². The summed E-state index contributed by atoms with van der Waals surface area (Å²) >= 11 is 0. The highest BCUT2D eigenvalue weighted by Gasteiger charge is 2.16. The molecule has 0 saturated carbocycles. The molecule has 0 fully saturated rings. The minimum absolute atomic E-state index is 0. The molecule has 1 aliphatic heterocycles. The van der Waals surface area contributed by atoms with E-state index in [0.29, 0.717) is 13.3 Å². The Balaban J connectivity index is 0.00000121. The second-order valence-corrected chi connectivity index (χ2v) is 2.37. The second-order valence-electron chi connectivity index (χ2n) is 2.37. The molecule has 0 bridgehead atoms. The number of halogens is 1. The summed E-state index contributed by atoms with van der Waals surface area (Å²) in [5.41, 5.74) is 0. The summed E-state index contributed by atoms with van der Waals surface area (Å²) in [4.78, 5) is 14.4. The number of carbonyl (C=O) groups excluding carboxylic acids is 1. The molecule has 4 nitrogen and oxygen atoms in total. The minimum Gasteiger partial charge on any atom is -0.449 e. The molecule has 1 aliphatic rings. The zero-order valence-corrected chi connectivity index (χ0v) is 8.90. The van der Waals surface area contributed by atoms with Crippen molar-refractivity contribution in [1.82, 2.24) is 9.80 Å². The van der Waals surface area contributed by atoms with Crippen LogP contribution < -0.4 is 0 Å². The summed E-state index contributed by atoms with van der Waals surface area (Å²) in [5.74, 6) is 0. The van der Waals surface area contributed by atoms with Crippen molar-refractivity contribution < 1.29 is 9.53 Å². The molecule has 1 rings (SSSR count). The third-order valence-corrected chi connectivity index (χ3v) is 1.38. The first kappa shape index (κ1) is 11.3. The molecule has 0 aromatic rings. The van der Waals surface area contributed by atoms with E-state index in [1.165, 1.54) is 4.90 Å². The Morgan fingerprint density at radius 3 is 2.67 bits per heavy atom. The molecule has 0 atom stereocenters. The fourth-order valence-electron chi connectivity index (χ4n) is 0.854. The van der Waals surface area contributed by atoms with Crippen molar-refractivity contribution in [3.05, 3.63) is 12.4 Å². The zero-order chi connectivity index (χ0) is 8.27. The van der Waals surface area contributed by atoms with Crippen LogP contribution in [-0.2, 0) is 4.74 Å². The van der Waals surface area contributed by atoms with Crippen molar-refractivity contribution in [2.75, 3.05) is 20.3 Å². The Labute approximate surface area is 82.5 Å². The van der Waals surface area contributed by atoms with Crippen LogP contribution >= 0.6 is 17.0 Å². The maximum atomic E-state index is 11.0. The van der Waals surface area contributed by atoms with Crippen LogP contribution in [0.1, 0.15) is 6.92 Å². The van der Waals surface area contributed by atoms with E-state index in [4.69, 9.17) is 4.74 Å². The molecule has 12 heavy (non-hydrogen) atoms. The van der Waals surface area contributed by atoms with Crippen molar-refractivity contribution >= 4 is 23.1 Å². The maximum Gasteiger partial charge on any atom is 0.415 e. The van der Waals surface area contributed by atoms with E-state index in [9.17, 15) is 4.79 Å². The van der Waals surface area contributed by atoms with Crippen molar-refractivity contribution in [2.45, 2.75) is 6.92 Å². The fraction of sp³-hybridized carbons (Fsp3) is 0.571. The van der Waals surface area contributed by atoms with Gasteiger partial charge in [-0.15, -0.1) is 17.0 Å². The Hall–Kier alpha value is -0.710. The SMILES string of the molecule is Br.CCOC(=O)N1C=CN(C)C1. The summed E-state index contributed by atoms with van der Waals surface area (Å²) in [6, 6.07) is 0. The second kappa shape index (κ2) is 5.03. The maximum absolute atomic E-state index is 11.0. The van der Waals surface area contributed by atoms with Gasteiger partial charge in [0, 0.05) is 19.4 Å². The number of hydrogen-bond donors (Lipinski definition) is 0. The fourth-order valence-corrected chi connectivity index (χ4v) is 0.854. The predicted octanol–water partition coefficient (Wildman–Crippen LogP) is 1.40. The van der Waals surface area contributed by atoms with Gasteiger partial charge in [-0.25, -0.2) is 4.79 Å². The third kappa shape index (κ3) is 2.73. The van der Waals surface area contributed by atoms with Crippen LogP contribution in [0.15, 0.2) is 12.4 Å². The van der Waals surface area contributed by atoms with Crippen LogP contribution in [-0.4, -0.2) is 36.2 Å². The highest BCUT2D eigenvalue weighted by atomic mass is 79.9. The molecule has 0 aromatic carbocycles. The molecule has 0 aromatic heterocycles. The van der Waals surface area contributed by atoms with E-state index < -0.39 is 0 Å². The van der Waals surface area contributed by atoms with Gasteiger partial charge in [0.05, 0.1) is 13.3 Å². The molecule has 1 amide bonds. The molecule has 0 radical (unpaired) electrons. The lowest BCUT2D eigenvalue weighted by Crippen LogP contribution is -2.29. The van der Waals surface area contributed by atoms with Crippen LogP contribution in [0.5, 0.6) is 0 Å². The topological polar surface area (TPSA) is 32.8 Å². The first-order valence-corrected chi connectivity index (χ1v) is 3.56. The third-order valence-electron chi connectivity index (χ3n) is 1.38. The number of ether oxygens (including phenoxy) is 1. The highest BCUT2D eigenvalue weighted by molar-refractivity contribution is 8.93. The van der Waals surface area contributed by atoms with Crippen LogP contribution in [0.2, 0.25) is 0 Å². The monoisotopic (exact) mass is 236 g/mol. The quantitative estimate of drug-likeness (QED) is 0.691. The number of hydrogen-bond acceptors (Lipinski definition) is 3. The van der Waals surface area contributed by atoms with Crippen LogP contribution in [0.4, 0.5) is 4.79 Å². The van der Waals surface area contributed by atoms with E-state index in [0.717, 1.165) is 0 Å². The van der Waals surface area contributed by atoms with E-state index in [-0.39, 0.29) is 23.1 Å². The molecule has 5 heteroatoms. The van der Waals surface area contributed by atoms with Gasteiger partial charge in [0.15, 0.2) is 0 Å². The van der Waals surface area contributed by atoms with Gasteiger partial charge in [0.1, 0.15) is 0 Å². The number of rotatable bonds is 1. The first-order chi connectivity index (χ1) is 5.24. The average Bonchev–Trinajstić information content (AvgIpc) is 2.36. The largest absolute Gasteiger partial charge is 0.449 e. The highest BCUT2D eigenvalue weighted by Crippen LogP contribution is 2.04.